The fourth-order valence-corrected chi connectivity index (χ4v) is 3.98. The molecule has 0 atom stereocenters. The molecule has 0 aromatic carbocycles. The van der Waals surface area contributed by atoms with E-state index in [9.17, 15) is 4.79 Å². The maximum absolute atomic E-state index is 12.3. The van der Waals surface area contributed by atoms with Crippen LogP contribution in [0.4, 0.5) is 5.13 Å². The second-order valence-electron chi connectivity index (χ2n) is 6.28. The predicted octanol–water partition coefficient (Wildman–Crippen LogP) is 1.12. The number of amides is 1. The van der Waals surface area contributed by atoms with Gasteiger partial charge in [0.15, 0.2) is 5.13 Å². The van der Waals surface area contributed by atoms with Gasteiger partial charge in [-0.25, -0.2) is 4.98 Å². The summed E-state index contributed by atoms with van der Waals surface area (Å²) in [5.74, 6) is 0.366. The van der Waals surface area contributed by atoms with Crippen molar-refractivity contribution < 1.29 is 9.53 Å². The summed E-state index contributed by atoms with van der Waals surface area (Å²) in [6, 6.07) is 0. The Bertz CT molecular complexity index is 508. The van der Waals surface area contributed by atoms with Gasteiger partial charge >= 0.3 is 0 Å². The average Bonchev–Trinajstić information content (AvgIpc) is 3.02. The van der Waals surface area contributed by atoms with Crippen molar-refractivity contribution in [2.24, 2.45) is 5.92 Å². The van der Waals surface area contributed by atoms with Crippen LogP contribution in [0.3, 0.4) is 0 Å². The molecule has 7 heteroatoms. The van der Waals surface area contributed by atoms with E-state index in [4.69, 9.17) is 4.74 Å². The minimum atomic E-state index is 0.150. The molecular formula is C16H26N4O2S. The number of thiazole rings is 1. The van der Waals surface area contributed by atoms with Gasteiger partial charge in [-0.2, -0.15) is 0 Å². The highest BCUT2D eigenvalue weighted by Crippen LogP contribution is 2.26. The van der Waals surface area contributed by atoms with Gasteiger partial charge in [0, 0.05) is 50.6 Å². The highest BCUT2D eigenvalue weighted by molar-refractivity contribution is 7.13. The highest BCUT2D eigenvalue weighted by atomic mass is 32.1. The standard InChI is InChI=1S/C16H26N4O2S/c1-13-12-23-16(18-13)20-5-2-14(3-6-20)15(21)17-4-7-19-8-10-22-11-9-19/h12,14H,2-11H2,1H3,(H,17,21). The van der Waals surface area contributed by atoms with Crippen LogP contribution in [0.15, 0.2) is 5.38 Å². The molecule has 0 aliphatic carbocycles. The molecule has 0 spiro atoms. The molecule has 1 N–H and O–H groups in total. The molecule has 1 aromatic rings. The SMILES string of the molecule is Cc1csc(N2CCC(C(=O)NCCN3CCOCC3)CC2)n1. The number of hydrogen-bond donors (Lipinski definition) is 1. The quantitative estimate of drug-likeness (QED) is 0.872. The molecule has 128 valence electrons. The van der Waals surface area contributed by atoms with Gasteiger partial charge < -0.3 is 15.0 Å². The number of aryl methyl sites for hydroxylation is 1. The van der Waals surface area contributed by atoms with Gasteiger partial charge in [0.1, 0.15) is 0 Å². The van der Waals surface area contributed by atoms with E-state index >= 15 is 0 Å². The Labute approximate surface area is 141 Å². The van der Waals surface area contributed by atoms with E-state index in [0.717, 1.165) is 76.1 Å². The molecule has 2 saturated heterocycles. The van der Waals surface area contributed by atoms with Crippen molar-refractivity contribution in [1.29, 1.82) is 0 Å². The average molecular weight is 338 g/mol. The van der Waals surface area contributed by atoms with E-state index in [0.29, 0.717) is 0 Å². The fraction of sp³-hybridized carbons (Fsp3) is 0.750. The maximum atomic E-state index is 12.3. The van der Waals surface area contributed by atoms with Gasteiger partial charge in [-0.15, -0.1) is 11.3 Å². The molecule has 2 aliphatic heterocycles. The van der Waals surface area contributed by atoms with E-state index in [1.165, 1.54) is 0 Å². The molecule has 2 fully saturated rings. The molecule has 0 unspecified atom stereocenters. The lowest BCUT2D eigenvalue weighted by Gasteiger charge is -2.31. The smallest absolute Gasteiger partial charge is 0.223 e. The van der Waals surface area contributed by atoms with Crippen LogP contribution in [0.5, 0.6) is 0 Å². The summed E-state index contributed by atoms with van der Waals surface area (Å²) in [6.45, 7) is 9.10. The number of morpholine rings is 1. The third kappa shape index (κ3) is 4.65. The summed E-state index contributed by atoms with van der Waals surface area (Å²) in [7, 11) is 0. The van der Waals surface area contributed by atoms with Crippen molar-refractivity contribution in [3.8, 4) is 0 Å². The van der Waals surface area contributed by atoms with Crippen LogP contribution >= 0.6 is 11.3 Å². The summed E-state index contributed by atoms with van der Waals surface area (Å²) in [4.78, 5) is 21.5. The molecule has 0 saturated carbocycles. The van der Waals surface area contributed by atoms with E-state index in [2.05, 4.69) is 25.5 Å². The van der Waals surface area contributed by atoms with Crippen LogP contribution in [0.2, 0.25) is 0 Å². The van der Waals surface area contributed by atoms with Gasteiger partial charge in [0.25, 0.3) is 0 Å². The molecule has 0 radical (unpaired) electrons. The number of ether oxygens (including phenoxy) is 1. The Kier molecular flexibility index (Phi) is 5.85. The topological polar surface area (TPSA) is 57.7 Å². The van der Waals surface area contributed by atoms with Crippen LogP contribution in [0, 0.1) is 12.8 Å². The number of carbonyl (C=O) groups excluding carboxylic acids is 1. The number of piperidine rings is 1. The second kappa shape index (κ2) is 8.08. The number of carbonyl (C=O) groups is 1. The zero-order chi connectivity index (χ0) is 16.1. The van der Waals surface area contributed by atoms with Crippen molar-refractivity contribution in [3.63, 3.8) is 0 Å². The highest BCUT2D eigenvalue weighted by Gasteiger charge is 2.26. The number of hydrogen-bond acceptors (Lipinski definition) is 6. The van der Waals surface area contributed by atoms with Gasteiger partial charge in [-0.3, -0.25) is 9.69 Å². The summed E-state index contributed by atoms with van der Waals surface area (Å²) >= 11 is 1.69. The van der Waals surface area contributed by atoms with E-state index in [-0.39, 0.29) is 11.8 Å². The van der Waals surface area contributed by atoms with Gasteiger partial charge in [-0.1, -0.05) is 0 Å². The third-order valence-electron chi connectivity index (χ3n) is 4.57. The molecule has 23 heavy (non-hydrogen) atoms. The molecule has 3 heterocycles. The first-order valence-corrected chi connectivity index (χ1v) is 9.35. The lowest BCUT2D eigenvalue weighted by molar-refractivity contribution is -0.125. The number of aromatic nitrogens is 1. The Morgan fingerprint density at radius 2 is 2.09 bits per heavy atom. The normalized spacial score (nSPS) is 20.7. The second-order valence-corrected chi connectivity index (χ2v) is 7.11. The summed E-state index contributed by atoms with van der Waals surface area (Å²) < 4.78 is 5.33. The Morgan fingerprint density at radius 1 is 1.35 bits per heavy atom. The van der Waals surface area contributed by atoms with Crippen LogP contribution in [0.1, 0.15) is 18.5 Å². The first kappa shape index (κ1) is 16.7. The lowest BCUT2D eigenvalue weighted by Crippen LogP contribution is -2.44. The lowest BCUT2D eigenvalue weighted by atomic mass is 9.96. The third-order valence-corrected chi connectivity index (χ3v) is 5.59. The van der Waals surface area contributed by atoms with E-state index in [1.54, 1.807) is 11.3 Å². The van der Waals surface area contributed by atoms with Crippen molar-refractivity contribution in [3.05, 3.63) is 11.1 Å². The van der Waals surface area contributed by atoms with Gasteiger partial charge in [-0.05, 0) is 19.8 Å². The van der Waals surface area contributed by atoms with Crippen LogP contribution < -0.4 is 10.2 Å². The largest absolute Gasteiger partial charge is 0.379 e. The Hall–Kier alpha value is -1.18. The molecule has 2 aliphatic rings. The van der Waals surface area contributed by atoms with Crippen molar-refractivity contribution >= 4 is 22.4 Å². The van der Waals surface area contributed by atoms with E-state index < -0.39 is 0 Å². The predicted molar refractivity (Wildman–Crippen MR) is 92.1 cm³/mol. The number of anilines is 1. The van der Waals surface area contributed by atoms with Crippen LogP contribution in [0.25, 0.3) is 0 Å². The monoisotopic (exact) mass is 338 g/mol. The zero-order valence-electron chi connectivity index (χ0n) is 13.8. The van der Waals surface area contributed by atoms with Crippen LogP contribution in [-0.2, 0) is 9.53 Å². The number of rotatable bonds is 5. The summed E-state index contributed by atoms with van der Waals surface area (Å²) in [5.41, 5.74) is 1.08. The Morgan fingerprint density at radius 3 is 2.74 bits per heavy atom. The van der Waals surface area contributed by atoms with Gasteiger partial charge in [0.05, 0.1) is 18.9 Å². The molecule has 1 amide bonds. The van der Waals surface area contributed by atoms with Crippen molar-refractivity contribution in [2.45, 2.75) is 19.8 Å². The molecule has 3 rings (SSSR count). The minimum absolute atomic E-state index is 0.150. The van der Waals surface area contributed by atoms with Crippen molar-refractivity contribution in [1.82, 2.24) is 15.2 Å². The minimum Gasteiger partial charge on any atom is -0.379 e. The Balaban J connectivity index is 1.36. The molecule has 1 aromatic heterocycles. The number of nitrogens with one attached hydrogen (secondary N) is 1. The molecule has 0 bridgehead atoms. The zero-order valence-corrected chi connectivity index (χ0v) is 14.6. The summed E-state index contributed by atoms with van der Waals surface area (Å²) in [5, 5.41) is 6.28. The van der Waals surface area contributed by atoms with E-state index in [1.807, 2.05) is 6.92 Å². The fourth-order valence-electron chi connectivity index (χ4n) is 3.13. The molecule has 6 nitrogen and oxygen atoms in total. The summed E-state index contributed by atoms with van der Waals surface area (Å²) in [6.07, 6.45) is 1.84. The maximum Gasteiger partial charge on any atom is 0.223 e. The number of nitrogens with zero attached hydrogens (tertiary/aromatic N) is 3. The van der Waals surface area contributed by atoms with Gasteiger partial charge in [0.2, 0.25) is 5.91 Å². The first-order chi connectivity index (χ1) is 11.2. The van der Waals surface area contributed by atoms with Crippen LogP contribution in [-0.4, -0.2) is 68.3 Å². The first-order valence-electron chi connectivity index (χ1n) is 8.47. The van der Waals surface area contributed by atoms with Crippen molar-refractivity contribution in [2.75, 3.05) is 57.4 Å². The molecular weight excluding hydrogens is 312 g/mol.